The van der Waals surface area contributed by atoms with Gasteiger partial charge in [0.1, 0.15) is 5.84 Å². The number of nitrogens with two attached hydrogens (primary N) is 1. The van der Waals surface area contributed by atoms with Gasteiger partial charge < -0.3 is 10.9 Å². The Morgan fingerprint density at radius 1 is 1.33 bits per heavy atom. The van der Waals surface area contributed by atoms with E-state index >= 15 is 0 Å². The molecule has 0 amide bonds. The Morgan fingerprint density at radius 2 is 1.90 bits per heavy atom. The van der Waals surface area contributed by atoms with E-state index in [2.05, 4.69) is 5.16 Å². The highest BCUT2D eigenvalue weighted by molar-refractivity contribution is 7.88. The molecule has 0 aliphatic carbocycles. The Bertz CT molecular complexity index is 606. The maximum Gasteiger partial charge on any atom is 0.218 e. The van der Waals surface area contributed by atoms with Gasteiger partial charge in [0.15, 0.2) is 0 Å². The Hall–Kier alpha value is -1.60. The van der Waals surface area contributed by atoms with Crippen molar-refractivity contribution in [3.8, 4) is 0 Å². The summed E-state index contributed by atoms with van der Waals surface area (Å²) in [6.07, 6.45) is 1.10. The summed E-state index contributed by atoms with van der Waals surface area (Å²) in [5, 5.41) is 11.9. The molecule has 1 aromatic rings. The van der Waals surface area contributed by atoms with Gasteiger partial charge in [0.05, 0.1) is 5.75 Å². The number of hydrogen-bond acceptors (Lipinski definition) is 4. The number of amidine groups is 1. The van der Waals surface area contributed by atoms with Gasteiger partial charge >= 0.3 is 0 Å². The predicted octanol–water partition coefficient (Wildman–Crippen LogP) is 1.36. The number of benzene rings is 1. The first-order valence-electron chi connectivity index (χ1n) is 6.87. The second kappa shape index (κ2) is 6.03. The summed E-state index contributed by atoms with van der Waals surface area (Å²) in [5.74, 6) is 0.177. The Morgan fingerprint density at radius 3 is 2.43 bits per heavy atom. The molecule has 3 N–H and O–H groups in total. The van der Waals surface area contributed by atoms with Crippen LogP contribution >= 0.6 is 0 Å². The molecule has 0 spiro atoms. The summed E-state index contributed by atoms with van der Waals surface area (Å²) in [5.41, 5.74) is 6.03. The van der Waals surface area contributed by atoms with Crippen molar-refractivity contribution in [3.05, 3.63) is 35.9 Å². The van der Waals surface area contributed by atoms with Gasteiger partial charge in [-0.25, -0.2) is 12.7 Å². The van der Waals surface area contributed by atoms with Crippen LogP contribution in [0.2, 0.25) is 0 Å². The van der Waals surface area contributed by atoms with E-state index in [4.69, 9.17) is 10.9 Å². The molecule has 1 aliphatic rings. The minimum atomic E-state index is -3.33. The lowest BCUT2D eigenvalue weighted by Gasteiger charge is -2.37. The topological polar surface area (TPSA) is 96.0 Å². The molecule has 7 heteroatoms. The van der Waals surface area contributed by atoms with Crippen LogP contribution in [-0.2, 0) is 15.8 Å². The van der Waals surface area contributed by atoms with Crippen molar-refractivity contribution >= 4 is 15.9 Å². The van der Waals surface area contributed by atoms with E-state index < -0.39 is 15.4 Å². The van der Waals surface area contributed by atoms with Crippen LogP contribution in [0.15, 0.2) is 35.5 Å². The molecule has 2 rings (SSSR count). The molecule has 1 aliphatic heterocycles. The third-order valence-corrected chi connectivity index (χ3v) is 5.99. The molecule has 6 nitrogen and oxygen atoms in total. The summed E-state index contributed by atoms with van der Waals surface area (Å²) in [7, 11) is -3.33. The van der Waals surface area contributed by atoms with Crippen LogP contribution in [0.5, 0.6) is 0 Å². The first-order chi connectivity index (χ1) is 9.87. The van der Waals surface area contributed by atoms with E-state index in [9.17, 15) is 8.42 Å². The van der Waals surface area contributed by atoms with Gasteiger partial charge in [-0.15, -0.1) is 0 Å². The highest BCUT2D eigenvalue weighted by Crippen LogP contribution is 2.32. The number of hydrogen-bond donors (Lipinski definition) is 2. The van der Waals surface area contributed by atoms with Crippen molar-refractivity contribution in [1.29, 1.82) is 0 Å². The van der Waals surface area contributed by atoms with Crippen molar-refractivity contribution in [2.45, 2.75) is 25.5 Å². The Kier molecular flexibility index (Phi) is 4.53. The van der Waals surface area contributed by atoms with Crippen LogP contribution in [0.3, 0.4) is 0 Å². The molecular formula is C14H21N3O3S. The first kappa shape index (κ1) is 15.8. The van der Waals surface area contributed by atoms with E-state index in [1.54, 1.807) is 0 Å². The van der Waals surface area contributed by atoms with E-state index in [0.29, 0.717) is 25.9 Å². The fourth-order valence-corrected chi connectivity index (χ4v) is 4.05. The van der Waals surface area contributed by atoms with E-state index in [1.807, 2.05) is 37.3 Å². The maximum absolute atomic E-state index is 12.4. The molecule has 1 heterocycles. The molecule has 116 valence electrons. The third kappa shape index (κ3) is 3.54. The first-order valence-corrected chi connectivity index (χ1v) is 8.48. The van der Waals surface area contributed by atoms with Crippen molar-refractivity contribution in [1.82, 2.24) is 4.31 Å². The zero-order valence-corrected chi connectivity index (χ0v) is 12.9. The molecule has 21 heavy (non-hydrogen) atoms. The third-order valence-electron chi connectivity index (χ3n) is 4.14. The van der Waals surface area contributed by atoms with Crippen LogP contribution < -0.4 is 5.73 Å². The zero-order chi connectivity index (χ0) is 15.5. The van der Waals surface area contributed by atoms with Crippen molar-refractivity contribution in [2.75, 3.05) is 13.1 Å². The lowest BCUT2D eigenvalue weighted by molar-refractivity contribution is 0.229. The average Bonchev–Trinajstić information content (AvgIpc) is 2.47. The molecule has 1 fully saturated rings. The molecule has 0 aromatic heterocycles. The molecule has 0 radical (unpaired) electrons. The molecule has 0 saturated carbocycles. The molecule has 1 aromatic carbocycles. The minimum Gasteiger partial charge on any atom is -0.409 e. The van der Waals surface area contributed by atoms with E-state index in [0.717, 1.165) is 5.56 Å². The van der Waals surface area contributed by atoms with Gasteiger partial charge in [-0.3, -0.25) is 0 Å². The monoisotopic (exact) mass is 311 g/mol. The largest absolute Gasteiger partial charge is 0.409 e. The second-order valence-corrected chi connectivity index (χ2v) is 7.66. The molecular weight excluding hydrogens is 290 g/mol. The van der Waals surface area contributed by atoms with Gasteiger partial charge in [0.25, 0.3) is 0 Å². The highest BCUT2D eigenvalue weighted by Gasteiger charge is 2.37. The Labute approximate surface area is 125 Å². The second-order valence-electron chi connectivity index (χ2n) is 5.69. The fraction of sp³-hybridized carbons (Fsp3) is 0.500. The zero-order valence-electron chi connectivity index (χ0n) is 12.1. The van der Waals surface area contributed by atoms with Crippen molar-refractivity contribution in [3.63, 3.8) is 0 Å². The van der Waals surface area contributed by atoms with Crippen LogP contribution in [0.1, 0.15) is 25.3 Å². The summed E-state index contributed by atoms with van der Waals surface area (Å²) in [6, 6.07) is 9.14. The lowest BCUT2D eigenvalue weighted by atomic mass is 9.80. The van der Waals surface area contributed by atoms with Crippen LogP contribution in [-0.4, -0.2) is 36.9 Å². The SMILES string of the molecule is CC1(/C(N)=N/O)CCN(S(=O)(=O)Cc2ccccc2)CC1. The van der Waals surface area contributed by atoms with Gasteiger partial charge in [0.2, 0.25) is 10.0 Å². The van der Waals surface area contributed by atoms with E-state index in [-0.39, 0.29) is 11.6 Å². The van der Waals surface area contributed by atoms with E-state index in [1.165, 1.54) is 4.31 Å². The Balaban J connectivity index is 2.04. The molecule has 0 unspecified atom stereocenters. The number of piperidine rings is 1. The molecule has 0 atom stereocenters. The number of sulfonamides is 1. The quantitative estimate of drug-likeness (QED) is 0.380. The van der Waals surface area contributed by atoms with Gasteiger partial charge in [0, 0.05) is 18.5 Å². The lowest BCUT2D eigenvalue weighted by Crippen LogP contribution is -2.47. The van der Waals surface area contributed by atoms with Crippen molar-refractivity contribution in [2.24, 2.45) is 16.3 Å². The van der Waals surface area contributed by atoms with Crippen LogP contribution in [0, 0.1) is 5.41 Å². The van der Waals surface area contributed by atoms with Crippen LogP contribution in [0.25, 0.3) is 0 Å². The summed E-state index contributed by atoms with van der Waals surface area (Å²) < 4.78 is 26.3. The molecule has 1 saturated heterocycles. The highest BCUT2D eigenvalue weighted by atomic mass is 32.2. The normalized spacial score (nSPS) is 20.3. The summed E-state index contributed by atoms with van der Waals surface area (Å²) in [6.45, 7) is 2.67. The number of rotatable bonds is 4. The predicted molar refractivity (Wildman–Crippen MR) is 81.4 cm³/mol. The minimum absolute atomic E-state index is 0.00806. The van der Waals surface area contributed by atoms with Crippen molar-refractivity contribution < 1.29 is 13.6 Å². The maximum atomic E-state index is 12.4. The standard InChI is InChI=1S/C14H21N3O3S/c1-14(13(15)16-18)7-9-17(10-8-14)21(19,20)11-12-5-3-2-4-6-12/h2-6,18H,7-11H2,1H3,(H2,15,16). The summed E-state index contributed by atoms with van der Waals surface area (Å²) in [4.78, 5) is 0. The van der Waals surface area contributed by atoms with Crippen LogP contribution in [0.4, 0.5) is 0 Å². The van der Waals surface area contributed by atoms with Gasteiger partial charge in [-0.1, -0.05) is 42.4 Å². The smallest absolute Gasteiger partial charge is 0.218 e. The number of oxime groups is 1. The molecule has 0 bridgehead atoms. The van der Waals surface area contributed by atoms with Gasteiger partial charge in [-0.2, -0.15) is 0 Å². The van der Waals surface area contributed by atoms with Gasteiger partial charge in [-0.05, 0) is 18.4 Å². The summed E-state index contributed by atoms with van der Waals surface area (Å²) >= 11 is 0. The average molecular weight is 311 g/mol. The fourth-order valence-electron chi connectivity index (χ4n) is 2.51. The number of nitrogens with zero attached hydrogens (tertiary/aromatic N) is 2.